The molecule has 4 N–H and O–H groups in total. The number of aromatic carboxylic acids is 1. The molecule has 1 aromatic rings. The van der Waals surface area contributed by atoms with Crippen molar-refractivity contribution >= 4 is 41.1 Å². The van der Waals surface area contributed by atoms with Gasteiger partial charge < -0.3 is 29.9 Å². The maximum absolute atomic E-state index is 12.7. The highest BCUT2D eigenvalue weighted by Crippen LogP contribution is 2.77. The average molecular weight is 567 g/mol. The number of rotatable bonds is 3. The van der Waals surface area contributed by atoms with Gasteiger partial charge in [-0.3, -0.25) is 9.59 Å². The number of methoxy groups -OCH3 is 1. The van der Waals surface area contributed by atoms with Crippen molar-refractivity contribution in [3.8, 4) is 5.75 Å². The maximum atomic E-state index is 12.7. The van der Waals surface area contributed by atoms with Crippen molar-refractivity contribution < 1.29 is 44.3 Å². The Hall–Kier alpha value is -2.59. The number of fused-ring (bicyclic) bond motifs is 1. The Morgan fingerprint density at radius 3 is 2.45 bits per heavy atom. The van der Waals surface area contributed by atoms with Gasteiger partial charge in [0.1, 0.15) is 16.6 Å². The van der Waals surface area contributed by atoms with Crippen LogP contribution in [0.25, 0.3) is 0 Å². The molecule has 0 aromatic heterocycles. The van der Waals surface area contributed by atoms with Crippen LogP contribution in [-0.2, 0) is 14.3 Å². The maximum Gasteiger partial charge on any atom is 0.341 e. The topological polar surface area (TPSA) is 151 Å². The van der Waals surface area contributed by atoms with Crippen molar-refractivity contribution in [1.82, 2.24) is 0 Å². The van der Waals surface area contributed by atoms with E-state index in [2.05, 4.69) is 6.58 Å². The first kappa shape index (κ1) is 27.0. The molecule has 1 aromatic carbocycles. The van der Waals surface area contributed by atoms with Gasteiger partial charge in [-0.25, -0.2) is 4.79 Å². The van der Waals surface area contributed by atoms with Gasteiger partial charge in [-0.15, -0.1) is 0 Å². The Balaban J connectivity index is 0.000000193. The van der Waals surface area contributed by atoms with Crippen LogP contribution in [0.15, 0.2) is 36.4 Å². The van der Waals surface area contributed by atoms with E-state index < -0.39 is 57.9 Å². The largest absolute Gasteiger partial charge is 0.494 e. The van der Waals surface area contributed by atoms with Crippen molar-refractivity contribution in [3.63, 3.8) is 0 Å². The molecule has 204 valence electrons. The van der Waals surface area contributed by atoms with Crippen LogP contribution in [0, 0.1) is 28.6 Å². The number of carboxylic acid groups (broad SMARTS) is 2. The number of carbonyl (C=O) groups excluding carboxylic acids is 1. The predicted molar refractivity (Wildman–Crippen MR) is 135 cm³/mol. The zero-order chi connectivity index (χ0) is 28.0. The number of aliphatic hydroxyl groups excluding tert-OH is 1. The molecule has 0 amide bonds. The summed E-state index contributed by atoms with van der Waals surface area (Å²) in [6.07, 6.45) is 4.11. The summed E-state index contributed by atoms with van der Waals surface area (Å²) in [5.41, 5.74) is -3.41. The fraction of sp³-hybridized carbons (Fsp3) is 0.519. The fourth-order valence-electron chi connectivity index (χ4n) is 8.06. The summed E-state index contributed by atoms with van der Waals surface area (Å²) in [7, 11) is 1.34. The van der Waals surface area contributed by atoms with Crippen LogP contribution >= 0.6 is 23.2 Å². The van der Waals surface area contributed by atoms with Gasteiger partial charge in [0, 0.05) is 11.8 Å². The van der Waals surface area contributed by atoms with Crippen LogP contribution < -0.4 is 4.74 Å². The summed E-state index contributed by atoms with van der Waals surface area (Å²) in [6, 6.07) is 2.89. The van der Waals surface area contributed by atoms with Crippen molar-refractivity contribution in [2.75, 3.05) is 7.11 Å². The second-order valence-electron chi connectivity index (χ2n) is 11.2. The molecule has 1 spiro atoms. The van der Waals surface area contributed by atoms with Crippen LogP contribution in [0.4, 0.5) is 0 Å². The number of hydrogen-bond acceptors (Lipinski definition) is 7. The van der Waals surface area contributed by atoms with Gasteiger partial charge in [-0.2, -0.15) is 0 Å². The first-order valence-corrected chi connectivity index (χ1v) is 12.9. The summed E-state index contributed by atoms with van der Waals surface area (Å²) < 4.78 is 10.7. The number of hydrogen-bond donors (Lipinski definition) is 4. The second kappa shape index (κ2) is 8.45. The molecule has 11 heteroatoms. The number of esters is 1. The Morgan fingerprint density at radius 1 is 1.21 bits per heavy atom. The predicted octanol–water partition coefficient (Wildman–Crippen LogP) is 3.73. The molecular formula is C27H28Cl2O9. The summed E-state index contributed by atoms with van der Waals surface area (Å²) in [5, 5.41) is 40.7. The van der Waals surface area contributed by atoms with Crippen molar-refractivity contribution in [2.45, 2.75) is 49.9 Å². The number of aliphatic carboxylic acids is 1. The lowest BCUT2D eigenvalue weighted by molar-refractivity contribution is -0.163. The molecule has 38 heavy (non-hydrogen) atoms. The monoisotopic (exact) mass is 566 g/mol. The quantitative estimate of drug-likeness (QED) is 0.317. The van der Waals surface area contributed by atoms with Crippen molar-refractivity contribution in [2.24, 2.45) is 28.6 Å². The van der Waals surface area contributed by atoms with Crippen molar-refractivity contribution in [3.05, 3.63) is 52.0 Å². The second-order valence-corrected chi connectivity index (χ2v) is 12.0. The van der Waals surface area contributed by atoms with Crippen LogP contribution in [0.1, 0.15) is 43.0 Å². The standard InChI is InChI=1S/C19H22O6.C8H6Cl2O3/c1-9-7-17-8-18(9,24)5-3-10(17)19-6-4-11(20)16(2,15(23)25-19)13(19)12(17)14(21)22;1-13-7-5(10)3-2-4(9)6(7)8(11)12/h4,6,10-13,20,24H,1,3,5,7-8H2,2H3,(H,21,22);2-3H,1H3,(H,11,12)/t10-,11+,12-,13-,16-,17+,18-,19-;/m1./s1. The Labute approximate surface area is 228 Å². The molecule has 3 saturated carbocycles. The lowest BCUT2D eigenvalue weighted by Crippen LogP contribution is -2.50. The smallest absolute Gasteiger partial charge is 0.341 e. The molecule has 0 unspecified atom stereocenters. The highest BCUT2D eigenvalue weighted by Gasteiger charge is 2.83. The molecule has 0 radical (unpaired) electrons. The molecule has 5 aliphatic rings. The third kappa shape index (κ3) is 3.22. The molecule has 4 fully saturated rings. The number of carboxylic acids is 2. The van der Waals surface area contributed by atoms with E-state index in [0.29, 0.717) is 31.3 Å². The van der Waals surface area contributed by atoms with Gasteiger partial charge in [0.2, 0.25) is 0 Å². The Bertz CT molecular complexity index is 1310. The molecule has 1 heterocycles. The zero-order valence-electron chi connectivity index (χ0n) is 20.7. The van der Waals surface area contributed by atoms with Gasteiger partial charge in [0.05, 0.1) is 34.8 Å². The Kier molecular flexibility index (Phi) is 6.00. The molecule has 6 rings (SSSR count). The first-order valence-electron chi connectivity index (χ1n) is 12.2. The van der Waals surface area contributed by atoms with E-state index in [1.807, 2.05) is 0 Å². The van der Waals surface area contributed by atoms with Crippen LogP contribution in [0.2, 0.25) is 10.0 Å². The van der Waals surface area contributed by atoms with E-state index in [0.717, 1.165) is 0 Å². The lowest BCUT2D eigenvalue weighted by atomic mass is 9.61. The molecular weight excluding hydrogens is 539 g/mol. The average Bonchev–Trinajstić information content (AvgIpc) is 3.27. The number of benzene rings is 1. The van der Waals surface area contributed by atoms with Crippen LogP contribution in [0.3, 0.4) is 0 Å². The minimum Gasteiger partial charge on any atom is -0.494 e. The first-order chi connectivity index (χ1) is 17.7. The summed E-state index contributed by atoms with van der Waals surface area (Å²) in [6.45, 7) is 5.64. The number of aliphatic hydroxyl groups is 2. The third-order valence-corrected chi connectivity index (χ3v) is 10.2. The van der Waals surface area contributed by atoms with Gasteiger partial charge in [-0.1, -0.05) is 35.9 Å². The molecule has 8 atom stereocenters. The minimum absolute atomic E-state index is 0.0849. The number of carbonyl (C=O) groups is 3. The van der Waals surface area contributed by atoms with Gasteiger partial charge in [-0.05, 0) is 61.8 Å². The normalized spacial score (nSPS) is 41.5. The highest BCUT2D eigenvalue weighted by atomic mass is 35.5. The van der Waals surface area contributed by atoms with Crippen LogP contribution in [0.5, 0.6) is 5.75 Å². The highest BCUT2D eigenvalue weighted by molar-refractivity contribution is 6.36. The van der Waals surface area contributed by atoms with E-state index in [4.69, 9.17) is 37.8 Å². The van der Waals surface area contributed by atoms with E-state index in [9.17, 15) is 29.7 Å². The molecule has 1 aliphatic heterocycles. The number of halogens is 2. The molecule has 1 saturated heterocycles. The summed E-state index contributed by atoms with van der Waals surface area (Å²) in [4.78, 5) is 35.8. The Morgan fingerprint density at radius 2 is 1.87 bits per heavy atom. The van der Waals surface area contributed by atoms with Crippen LogP contribution in [-0.4, -0.2) is 62.7 Å². The fourth-order valence-corrected chi connectivity index (χ4v) is 8.53. The zero-order valence-corrected chi connectivity index (χ0v) is 22.3. The summed E-state index contributed by atoms with van der Waals surface area (Å²) in [5.74, 6) is -4.26. The van der Waals surface area contributed by atoms with Crippen molar-refractivity contribution in [1.29, 1.82) is 0 Å². The van der Waals surface area contributed by atoms with E-state index in [-0.39, 0.29) is 27.3 Å². The van der Waals surface area contributed by atoms with E-state index in [1.165, 1.54) is 19.2 Å². The van der Waals surface area contributed by atoms with E-state index in [1.54, 1.807) is 19.1 Å². The summed E-state index contributed by atoms with van der Waals surface area (Å²) >= 11 is 11.4. The van der Waals surface area contributed by atoms with Gasteiger partial charge >= 0.3 is 17.9 Å². The third-order valence-electron chi connectivity index (χ3n) is 9.60. The minimum atomic E-state index is -1.27. The SMILES string of the molecule is C=C1C[C@]23C[C@]1(O)CC[C@H]2[C@@]12C=C[C@H](O)[C@@](C)(C(=O)O1)[C@H]2[C@@H]3C(=O)O.COc1c(Cl)ccc(Cl)c1C(=O)O. The molecule has 4 bridgehead atoms. The van der Waals surface area contributed by atoms with Gasteiger partial charge in [0.15, 0.2) is 5.75 Å². The molecule has 9 nitrogen and oxygen atoms in total. The van der Waals surface area contributed by atoms with E-state index >= 15 is 0 Å². The number of ether oxygens (including phenoxy) is 2. The lowest BCUT2D eigenvalue weighted by Gasteiger charge is -2.44. The van der Waals surface area contributed by atoms with Gasteiger partial charge in [0.25, 0.3) is 0 Å². The molecule has 4 aliphatic carbocycles.